The minimum absolute atomic E-state index is 0.331. The predicted octanol–water partition coefficient (Wildman–Crippen LogP) is 2.95. The number of nitrogens with one attached hydrogen (secondary N) is 1. The molecule has 0 aromatic carbocycles. The SMILES string of the molecule is CCC(CCO)CNC(C)C1CCCCC1. The quantitative estimate of drug-likeness (QED) is 0.701. The maximum absolute atomic E-state index is 8.95. The van der Waals surface area contributed by atoms with Crippen molar-refractivity contribution in [2.24, 2.45) is 11.8 Å². The predicted molar refractivity (Wildman–Crippen MR) is 69.5 cm³/mol. The summed E-state index contributed by atoms with van der Waals surface area (Å²) in [5, 5.41) is 12.6. The lowest BCUT2D eigenvalue weighted by atomic mass is 9.84. The van der Waals surface area contributed by atoms with Crippen molar-refractivity contribution in [1.82, 2.24) is 5.32 Å². The summed E-state index contributed by atoms with van der Waals surface area (Å²) >= 11 is 0. The number of aliphatic hydroxyl groups is 1. The topological polar surface area (TPSA) is 32.3 Å². The maximum Gasteiger partial charge on any atom is 0.0434 e. The normalized spacial score (nSPS) is 21.9. The average molecular weight is 227 g/mol. The summed E-state index contributed by atoms with van der Waals surface area (Å²) in [5.74, 6) is 1.54. The Morgan fingerprint density at radius 3 is 2.50 bits per heavy atom. The molecule has 96 valence electrons. The molecule has 2 atom stereocenters. The van der Waals surface area contributed by atoms with Gasteiger partial charge in [-0.3, -0.25) is 0 Å². The van der Waals surface area contributed by atoms with Gasteiger partial charge in [-0.1, -0.05) is 32.6 Å². The van der Waals surface area contributed by atoms with Gasteiger partial charge in [0.2, 0.25) is 0 Å². The lowest BCUT2D eigenvalue weighted by Gasteiger charge is -2.29. The molecular formula is C14H29NO. The third kappa shape index (κ3) is 4.84. The summed E-state index contributed by atoms with van der Waals surface area (Å²) in [6.07, 6.45) is 9.21. The van der Waals surface area contributed by atoms with Gasteiger partial charge >= 0.3 is 0 Å². The highest BCUT2D eigenvalue weighted by molar-refractivity contribution is 4.76. The molecule has 1 aliphatic carbocycles. The molecule has 1 rings (SSSR count). The molecule has 1 fully saturated rings. The maximum atomic E-state index is 8.95. The summed E-state index contributed by atoms with van der Waals surface area (Å²) < 4.78 is 0. The molecular weight excluding hydrogens is 198 g/mol. The summed E-state index contributed by atoms with van der Waals surface area (Å²) in [5.41, 5.74) is 0. The zero-order valence-electron chi connectivity index (χ0n) is 11.0. The lowest BCUT2D eigenvalue weighted by Crippen LogP contribution is -2.37. The van der Waals surface area contributed by atoms with E-state index >= 15 is 0 Å². The van der Waals surface area contributed by atoms with E-state index in [4.69, 9.17) is 5.11 Å². The van der Waals surface area contributed by atoms with Crippen LogP contribution in [0.1, 0.15) is 58.8 Å². The van der Waals surface area contributed by atoms with Gasteiger partial charge in [0.05, 0.1) is 0 Å². The fourth-order valence-corrected chi connectivity index (χ4v) is 2.79. The summed E-state index contributed by atoms with van der Waals surface area (Å²) in [6, 6.07) is 0.660. The van der Waals surface area contributed by atoms with Gasteiger partial charge < -0.3 is 10.4 Å². The molecule has 2 unspecified atom stereocenters. The average Bonchev–Trinajstić information content (AvgIpc) is 2.35. The van der Waals surface area contributed by atoms with Crippen LogP contribution in [0.25, 0.3) is 0 Å². The Kier molecular flexibility index (Phi) is 7.06. The molecule has 0 saturated heterocycles. The Morgan fingerprint density at radius 1 is 1.25 bits per heavy atom. The van der Waals surface area contributed by atoms with Crippen LogP contribution in [-0.2, 0) is 0 Å². The zero-order valence-corrected chi connectivity index (χ0v) is 11.0. The van der Waals surface area contributed by atoms with E-state index in [1.807, 2.05) is 0 Å². The van der Waals surface area contributed by atoms with E-state index in [1.54, 1.807) is 0 Å². The number of rotatable bonds is 7. The van der Waals surface area contributed by atoms with E-state index in [-0.39, 0.29) is 0 Å². The Bertz CT molecular complexity index is 166. The molecule has 1 aliphatic rings. The van der Waals surface area contributed by atoms with Gasteiger partial charge in [0.1, 0.15) is 0 Å². The first kappa shape index (κ1) is 14.0. The Balaban J connectivity index is 2.19. The minimum atomic E-state index is 0.331. The van der Waals surface area contributed by atoms with Crippen molar-refractivity contribution in [3.63, 3.8) is 0 Å². The molecule has 2 heteroatoms. The van der Waals surface area contributed by atoms with Crippen LogP contribution in [0.2, 0.25) is 0 Å². The third-order valence-electron chi connectivity index (χ3n) is 4.20. The second-order valence-electron chi connectivity index (χ2n) is 5.38. The highest BCUT2D eigenvalue weighted by atomic mass is 16.3. The highest BCUT2D eigenvalue weighted by Gasteiger charge is 2.20. The molecule has 0 aromatic rings. The van der Waals surface area contributed by atoms with Crippen molar-refractivity contribution in [2.75, 3.05) is 13.2 Å². The Morgan fingerprint density at radius 2 is 1.94 bits per heavy atom. The lowest BCUT2D eigenvalue weighted by molar-refractivity contribution is 0.234. The van der Waals surface area contributed by atoms with Gasteiger partial charge in [0.25, 0.3) is 0 Å². The zero-order chi connectivity index (χ0) is 11.8. The van der Waals surface area contributed by atoms with Crippen LogP contribution in [0.15, 0.2) is 0 Å². The van der Waals surface area contributed by atoms with Crippen LogP contribution in [0, 0.1) is 11.8 Å². The van der Waals surface area contributed by atoms with E-state index < -0.39 is 0 Å². The molecule has 0 aromatic heterocycles. The Hall–Kier alpha value is -0.0800. The van der Waals surface area contributed by atoms with Gasteiger partial charge in [-0.05, 0) is 44.6 Å². The Labute approximate surface area is 101 Å². The number of aliphatic hydroxyl groups excluding tert-OH is 1. The summed E-state index contributed by atoms with van der Waals surface area (Å²) in [7, 11) is 0. The van der Waals surface area contributed by atoms with Gasteiger partial charge in [-0.2, -0.15) is 0 Å². The van der Waals surface area contributed by atoms with Gasteiger partial charge in [-0.25, -0.2) is 0 Å². The number of hydrogen-bond acceptors (Lipinski definition) is 2. The molecule has 0 amide bonds. The second-order valence-corrected chi connectivity index (χ2v) is 5.38. The van der Waals surface area contributed by atoms with Crippen LogP contribution >= 0.6 is 0 Å². The van der Waals surface area contributed by atoms with Crippen molar-refractivity contribution in [3.8, 4) is 0 Å². The first-order chi connectivity index (χ1) is 7.77. The van der Waals surface area contributed by atoms with Crippen LogP contribution < -0.4 is 5.32 Å². The standard InChI is InChI=1S/C14H29NO/c1-3-13(9-10-16)11-15-12(2)14-7-5-4-6-8-14/h12-16H,3-11H2,1-2H3. The molecule has 0 heterocycles. The molecule has 2 nitrogen and oxygen atoms in total. The molecule has 2 N–H and O–H groups in total. The fraction of sp³-hybridized carbons (Fsp3) is 1.00. The largest absolute Gasteiger partial charge is 0.396 e. The first-order valence-electron chi connectivity index (χ1n) is 7.12. The van der Waals surface area contributed by atoms with Gasteiger partial charge in [0.15, 0.2) is 0 Å². The second kappa shape index (κ2) is 8.08. The van der Waals surface area contributed by atoms with Gasteiger partial charge in [-0.15, -0.1) is 0 Å². The van der Waals surface area contributed by atoms with E-state index in [0.29, 0.717) is 18.6 Å². The van der Waals surface area contributed by atoms with Crippen molar-refractivity contribution in [3.05, 3.63) is 0 Å². The smallest absolute Gasteiger partial charge is 0.0434 e. The summed E-state index contributed by atoms with van der Waals surface area (Å²) in [4.78, 5) is 0. The molecule has 1 saturated carbocycles. The van der Waals surface area contributed by atoms with Crippen LogP contribution in [0.4, 0.5) is 0 Å². The third-order valence-corrected chi connectivity index (χ3v) is 4.20. The highest BCUT2D eigenvalue weighted by Crippen LogP contribution is 2.26. The van der Waals surface area contributed by atoms with Crippen molar-refractivity contribution >= 4 is 0 Å². The van der Waals surface area contributed by atoms with Gasteiger partial charge in [0, 0.05) is 12.6 Å². The molecule has 0 aliphatic heterocycles. The number of hydrogen-bond donors (Lipinski definition) is 2. The van der Waals surface area contributed by atoms with Crippen molar-refractivity contribution in [2.45, 2.75) is 64.8 Å². The summed E-state index contributed by atoms with van der Waals surface area (Å²) in [6.45, 7) is 5.96. The van der Waals surface area contributed by atoms with E-state index in [1.165, 1.54) is 38.5 Å². The van der Waals surface area contributed by atoms with Crippen LogP contribution in [0.5, 0.6) is 0 Å². The monoisotopic (exact) mass is 227 g/mol. The minimum Gasteiger partial charge on any atom is -0.396 e. The first-order valence-corrected chi connectivity index (χ1v) is 7.12. The van der Waals surface area contributed by atoms with Crippen molar-refractivity contribution in [1.29, 1.82) is 0 Å². The molecule has 0 spiro atoms. The van der Waals surface area contributed by atoms with E-state index in [9.17, 15) is 0 Å². The van der Waals surface area contributed by atoms with E-state index in [2.05, 4.69) is 19.2 Å². The molecule has 0 radical (unpaired) electrons. The van der Waals surface area contributed by atoms with Crippen LogP contribution in [-0.4, -0.2) is 24.3 Å². The van der Waals surface area contributed by atoms with E-state index in [0.717, 1.165) is 18.9 Å². The molecule has 0 bridgehead atoms. The molecule has 16 heavy (non-hydrogen) atoms. The van der Waals surface area contributed by atoms with Crippen LogP contribution in [0.3, 0.4) is 0 Å². The van der Waals surface area contributed by atoms with Crippen molar-refractivity contribution < 1.29 is 5.11 Å². The fourth-order valence-electron chi connectivity index (χ4n) is 2.79.